The number of hydrogen-bond acceptors (Lipinski definition) is 8. The van der Waals surface area contributed by atoms with Crippen LogP contribution in [0.15, 0.2) is 30.3 Å². The van der Waals surface area contributed by atoms with Crippen molar-refractivity contribution in [3.05, 3.63) is 36.0 Å². The molecule has 1 aromatic heterocycles. The second kappa shape index (κ2) is 13.4. The summed E-state index contributed by atoms with van der Waals surface area (Å²) in [5.41, 5.74) is 0.734. The van der Waals surface area contributed by atoms with Gasteiger partial charge in [-0.05, 0) is 31.9 Å². The van der Waals surface area contributed by atoms with E-state index in [0.29, 0.717) is 56.7 Å². The number of carbonyl (C=O) groups is 4. The summed E-state index contributed by atoms with van der Waals surface area (Å²) < 4.78 is 15.2. The fourth-order valence-electron chi connectivity index (χ4n) is 4.18. The van der Waals surface area contributed by atoms with E-state index in [2.05, 4.69) is 15.0 Å². The lowest BCUT2D eigenvalue weighted by Crippen LogP contribution is -2.56. The molecule has 3 amide bonds. The second-order valence-electron chi connectivity index (χ2n) is 8.59. The third kappa shape index (κ3) is 7.31. The predicted molar refractivity (Wildman–Crippen MR) is 135 cm³/mol. The molecule has 1 N–H and O–H groups in total. The largest absolute Gasteiger partial charge is 0.496 e. The van der Waals surface area contributed by atoms with Crippen LogP contribution in [-0.2, 0) is 19.1 Å². The minimum Gasteiger partial charge on any atom is -0.496 e. The highest BCUT2D eigenvalue weighted by atomic mass is 16.6. The van der Waals surface area contributed by atoms with Crippen LogP contribution in [-0.4, -0.2) is 91.7 Å². The fraction of sp³-hybridized carbons (Fsp3) is 0.500. The molecular weight excluding hydrogens is 480 g/mol. The van der Waals surface area contributed by atoms with Crippen LogP contribution in [0.3, 0.4) is 0 Å². The molecule has 0 radical (unpaired) electrons. The van der Waals surface area contributed by atoms with Gasteiger partial charge in [-0.1, -0.05) is 18.6 Å². The lowest BCUT2D eigenvalue weighted by molar-refractivity contribution is -0.140. The summed E-state index contributed by atoms with van der Waals surface area (Å²) >= 11 is 0. The van der Waals surface area contributed by atoms with Gasteiger partial charge in [-0.25, -0.2) is 9.78 Å². The van der Waals surface area contributed by atoms with Gasteiger partial charge >= 0.3 is 12.1 Å². The van der Waals surface area contributed by atoms with Crippen LogP contribution >= 0.6 is 0 Å². The van der Waals surface area contributed by atoms with Crippen molar-refractivity contribution in [2.24, 2.45) is 0 Å². The third-order valence-electron chi connectivity index (χ3n) is 6.20. The summed E-state index contributed by atoms with van der Waals surface area (Å²) in [6, 6.07) is 8.05. The molecule has 0 aliphatic carbocycles. The topological polar surface area (TPSA) is 127 Å². The summed E-state index contributed by atoms with van der Waals surface area (Å²) in [6.07, 6.45) is 1.21. The van der Waals surface area contributed by atoms with Gasteiger partial charge in [0.05, 0.1) is 26.3 Å². The van der Waals surface area contributed by atoms with E-state index in [4.69, 9.17) is 9.47 Å². The summed E-state index contributed by atoms with van der Waals surface area (Å²) in [4.78, 5) is 57.7. The number of pyridine rings is 1. The number of para-hydroxylation sites is 1. The van der Waals surface area contributed by atoms with Crippen LogP contribution in [0.4, 0.5) is 4.79 Å². The molecule has 2 aromatic rings. The summed E-state index contributed by atoms with van der Waals surface area (Å²) in [7, 11) is 2.85. The summed E-state index contributed by atoms with van der Waals surface area (Å²) in [6.45, 7) is 3.37. The Morgan fingerprint density at radius 2 is 1.73 bits per heavy atom. The SMILES string of the molecule is CCOC(=O)N1CCN(C(=O)C(CCCCC(=O)OC)NC(=O)c2cc(OC)c3ccccc3n2)CC1. The highest BCUT2D eigenvalue weighted by Crippen LogP contribution is 2.25. The van der Waals surface area contributed by atoms with Crippen molar-refractivity contribution < 1.29 is 33.4 Å². The smallest absolute Gasteiger partial charge is 0.409 e. The average Bonchev–Trinajstić information content (AvgIpc) is 2.93. The molecule has 1 aromatic carbocycles. The third-order valence-corrected chi connectivity index (χ3v) is 6.20. The number of rotatable bonds is 10. The van der Waals surface area contributed by atoms with Crippen molar-refractivity contribution in [2.45, 2.75) is 38.6 Å². The van der Waals surface area contributed by atoms with Crippen molar-refractivity contribution in [2.75, 3.05) is 47.0 Å². The van der Waals surface area contributed by atoms with Gasteiger partial charge in [0, 0.05) is 44.1 Å². The standard InChI is InChI=1S/C26H34N4O7/c1-4-37-26(34)30-15-13-29(14-16-30)25(33)20(11-7-8-12-23(31)36-3)28-24(32)21-17-22(35-2)18-9-5-6-10-19(18)27-21/h5-6,9-10,17,20H,4,7-8,11-16H2,1-3H3,(H,28,32). The molecule has 2 heterocycles. The maximum absolute atomic E-state index is 13.4. The summed E-state index contributed by atoms with van der Waals surface area (Å²) in [5, 5.41) is 3.61. The molecule has 1 aliphatic rings. The maximum atomic E-state index is 13.4. The molecule has 1 fully saturated rings. The Balaban J connectivity index is 1.72. The van der Waals surface area contributed by atoms with Crippen LogP contribution < -0.4 is 10.1 Å². The first-order chi connectivity index (χ1) is 17.9. The Labute approximate surface area is 216 Å². The lowest BCUT2D eigenvalue weighted by atomic mass is 10.1. The first-order valence-corrected chi connectivity index (χ1v) is 12.4. The number of esters is 1. The van der Waals surface area contributed by atoms with Gasteiger partial charge in [-0.2, -0.15) is 0 Å². The van der Waals surface area contributed by atoms with Gasteiger partial charge in [0.2, 0.25) is 5.91 Å². The number of hydrogen-bond donors (Lipinski definition) is 1. The maximum Gasteiger partial charge on any atom is 0.409 e. The van der Waals surface area contributed by atoms with E-state index in [-0.39, 0.29) is 30.6 Å². The monoisotopic (exact) mass is 514 g/mol. The molecule has 3 rings (SSSR count). The van der Waals surface area contributed by atoms with Crippen LogP contribution in [0.5, 0.6) is 5.75 Å². The van der Waals surface area contributed by atoms with Gasteiger partial charge in [0.1, 0.15) is 17.5 Å². The van der Waals surface area contributed by atoms with E-state index < -0.39 is 18.0 Å². The Morgan fingerprint density at radius 1 is 1.03 bits per heavy atom. The van der Waals surface area contributed by atoms with E-state index in [0.717, 1.165) is 5.39 Å². The van der Waals surface area contributed by atoms with Crippen molar-refractivity contribution >= 4 is 34.8 Å². The van der Waals surface area contributed by atoms with E-state index in [1.54, 1.807) is 28.9 Å². The lowest BCUT2D eigenvalue weighted by Gasteiger charge is -2.36. The van der Waals surface area contributed by atoms with Crippen molar-refractivity contribution in [3.8, 4) is 5.75 Å². The number of fused-ring (bicyclic) bond motifs is 1. The molecule has 0 saturated carbocycles. The van der Waals surface area contributed by atoms with E-state index >= 15 is 0 Å². The number of ether oxygens (including phenoxy) is 3. The Kier molecular flexibility index (Phi) is 10.0. The number of methoxy groups -OCH3 is 2. The van der Waals surface area contributed by atoms with Crippen LogP contribution in [0.1, 0.15) is 43.1 Å². The van der Waals surface area contributed by atoms with E-state index in [1.165, 1.54) is 14.2 Å². The zero-order valence-corrected chi connectivity index (χ0v) is 21.5. The molecule has 11 heteroatoms. The van der Waals surface area contributed by atoms with E-state index in [1.807, 2.05) is 18.2 Å². The Bertz CT molecular complexity index is 1120. The molecule has 0 bridgehead atoms. The molecule has 37 heavy (non-hydrogen) atoms. The first-order valence-electron chi connectivity index (χ1n) is 12.4. The summed E-state index contributed by atoms with van der Waals surface area (Å²) in [5.74, 6) is -0.565. The van der Waals surface area contributed by atoms with Crippen molar-refractivity contribution in [3.63, 3.8) is 0 Å². The van der Waals surface area contributed by atoms with Crippen LogP contribution in [0.25, 0.3) is 10.9 Å². The molecular formula is C26H34N4O7. The number of carbonyl (C=O) groups excluding carboxylic acids is 4. The predicted octanol–water partition coefficient (Wildman–Crippen LogP) is 2.38. The second-order valence-corrected chi connectivity index (χ2v) is 8.59. The minimum absolute atomic E-state index is 0.134. The van der Waals surface area contributed by atoms with Gasteiger partial charge in [0.15, 0.2) is 0 Å². The zero-order valence-electron chi connectivity index (χ0n) is 21.5. The normalized spacial score (nSPS) is 14.1. The van der Waals surface area contributed by atoms with Crippen LogP contribution in [0, 0.1) is 0 Å². The van der Waals surface area contributed by atoms with Crippen LogP contribution in [0.2, 0.25) is 0 Å². The molecule has 0 spiro atoms. The number of amides is 3. The van der Waals surface area contributed by atoms with Crippen molar-refractivity contribution in [1.82, 2.24) is 20.1 Å². The minimum atomic E-state index is -0.821. The number of benzene rings is 1. The molecule has 1 unspecified atom stereocenters. The number of nitrogens with one attached hydrogen (secondary N) is 1. The molecule has 1 atom stereocenters. The number of unbranched alkanes of at least 4 members (excludes halogenated alkanes) is 1. The average molecular weight is 515 g/mol. The molecule has 11 nitrogen and oxygen atoms in total. The van der Waals surface area contributed by atoms with Gasteiger partial charge < -0.3 is 29.3 Å². The number of aromatic nitrogens is 1. The number of piperazine rings is 1. The molecule has 1 saturated heterocycles. The number of nitrogens with zero attached hydrogens (tertiary/aromatic N) is 3. The zero-order chi connectivity index (χ0) is 26.8. The van der Waals surface area contributed by atoms with Crippen molar-refractivity contribution in [1.29, 1.82) is 0 Å². The highest BCUT2D eigenvalue weighted by molar-refractivity contribution is 5.99. The molecule has 200 valence electrons. The van der Waals surface area contributed by atoms with Gasteiger partial charge in [-0.15, -0.1) is 0 Å². The fourth-order valence-corrected chi connectivity index (χ4v) is 4.18. The first kappa shape index (κ1) is 27.7. The highest BCUT2D eigenvalue weighted by Gasteiger charge is 2.30. The van der Waals surface area contributed by atoms with E-state index in [9.17, 15) is 19.2 Å². The van der Waals surface area contributed by atoms with Gasteiger partial charge in [0.25, 0.3) is 5.91 Å². The Morgan fingerprint density at radius 3 is 2.41 bits per heavy atom. The molecule has 1 aliphatic heterocycles. The quantitative estimate of drug-likeness (QED) is 0.378. The Hall–Kier alpha value is -3.89. The van der Waals surface area contributed by atoms with Gasteiger partial charge in [-0.3, -0.25) is 14.4 Å².